The number of hydrogen-bond donors (Lipinski definition) is 1. The van der Waals surface area contributed by atoms with Crippen molar-refractivity contribution >= 4 is 27.3 Å². The van der Waals surface area contributed by atoms with E-state index >= 15 is 0 Å². The zero-order valence-electron chi connectivity index (χ0n) is 11.0. The van der Waals surface area contributed by atoms with Crippen LogP contribution in [0.3, 0.4) is 0 Å². The molecule has 0 spiro atoms. The lowest BCUT2D eigenvalue weighted by atomic mass is 9.93. The molecule has 1 aromatic carbocycles. The average molecular weight is 336 g/mol. The highest BCUT2D eigenvalue weighted by Gasteiger charge is 2.23. The van der Waals surface area contributed by atoms with Crippen molar-refractivity contribution in [2.75, 3.05) is 0 Å². The van der Waals surface area contributed by atoms with Crippen LogP contribution in [-0.2, 0) is 6.42 Å². The fourth-order valence-electron chi connectivity index (χ4n) is 2.83. The van der Waals surface area contributed by atoms with Crippen molar-refractivity contribution in [1.29, 1.82) is 0 Å². The molecule has 0 saturated carbocycles. The highest BCUT2D eigenvalue weighted by Crippen LogP contribution is 2.38. The van der Waals surface area contributed by atoms with Gasteiger partial charge in [0.05, 0.1) is 3.79 Å². The van der Waals surface area contributed by atoms with Crippen molar-refractivity contribution in [3.63, 3.8) is 0 Å². The highest BCUT2D eigenvalue weighted by atomic mass is 79.9. The lowest BCUT2D eigenvalue weighted by Gasteiger charge is -2.27. The number of benzene rings is 1. The molecule has 0 saturated heterocycles. The van der Waals surface area contributed by atoms with Gasteiger partial charge >= 0.3 is 0 Å². The molecule has 0 aliphatic heterocycles. The van der Waals surface area contributed by atoms with Crippen molar-refractivity contribution in [3.8, 4) is 0 Å². The molecule has 0 amide bonds. The van der Waals surface area contributed by atoms with Crippen LogP contribution in [0.25, 0.3) is 0 Å². The number of nitrogens with one attached hydrogen (secondary N) is 1. The summed E-state index contributed by atoms with van der Waals surface area (Å²) in [6.45, 7) is 2.25. The van der Waals surface area contributed by atoms with Crippen LogP contribution in [0.1, 0.15) is 47.9 Å². The molecule has 3 rings (SSSR count). The second-order valence-corrected chi connectivity index (χ2v) is 7.69. The first-order chi connectivity index (χ1) is 9.24. The molecule has 1 aromatic heterocycles. The van der Waals surface area contributed by atoms with Gasteiger partial charge in [0.15, 0.2) is 0 Å². The molecular weight excluding hydrogens is 318 g/mol. The van der Waals surface area contributed by atoms with Crippen molar-refractivity contribution < 1.29 is 0 Å². The summed E-state index contributed by atoms with van der Waals surface area (Å²) in [6.07, 6.45) is 3.77. The Balaban J connectivity index is 1.77. The van der Waals surface area contributed by atoms with Crippen molar-refractivity contribution in [1.82, 2.24) is 5.32 Å². The molecule has 0 radical (unpaired) electrons. The molecule has 1 N–H and O–H groups in total. The Morgan fingerprint density at radius 3 is 2.89 bits per heavy atom. The van der Waals surface area contributed by atoms with Crippen LogP contribution in [0.5, 0.6) is 0 Å². The van der Waals surface area contributed by atoms with Crippen LogP contribution in [-0.4, -0.2) is 0 Å². The highest BCUT2D eigenvalue weighted by molar-refractivity contribution is 9.11. The minimum atomic E-state index is 0.399. The van der Waals surface area contributed by atoms with E-state index in [0.29, 0.717) is 12.1 Å². The molecule has 2 aromatic rings. The van der Waals surface area contributed by atoms with Gasteiger partial charge in [0.25, 0.3) is 0 Å². The number of hydrogen-bond acceptors (Lipinski definition) is 2. The molecule has 2 unspecified atom stereocenters. The fourth-order valence-corrected chi connectivity index (χ4v) is 4.65. The van der Waals surface area contributed by atoms with Crippen LogP contribution in [0.15, 0.2) is 40.2 Å². The summed E-state index contributed by atoms with van der Waals surface area (Å²) in [4.78, 5) is 1.55. The molecule has 3 heteroatoms. The lowest BCUT2D eigenvalue weighted by molar-refractivity contribution is 0.418. The monoisotopic (exact) mass is 335 g/mol. The molecule has 19 heavy (non-hydrogen) atoms. The predicted octanol–water partition coefficient (Wildman–Crippen LogP) is 5.24. The SMILES string of the molecule is CC(NC1CCCc2sc(Br)cc21)c1ccccc1. The summed E-state index contributed by atoms with van der Waals surface area (Å²) >= 11 is 5.52. The van der Waals surface area contributed by atoms with E-state index in [1.165, 1.54) is 34.2 Å². The maximum absolute atomic E-state index is 3.79. The summed E-state index contributed by atoms with van der Waals surface area (Å²) in [5, 5.41) is 3.79. The summed E-state index contributed by atoms with van der Waals surface area (Å²) < 4.78 is 1.26. The molecule has 0 bridgehead atoms. The number of thiophene rings is 1. The van der Waals surface area contributed by atoms with Gasteiger partial charge in [-0.3, -0.25) is 0 Å². The second kappa shape index (κ2) is 5.78. The normalized spacial score (nSPS) is 20.0. The van der Waals surface area contributed by atoms with Gasteiger partial charge in [-0.15, -0.1) is 11.3 Å². The zero-order valence-corrected chi connectivity index (χ0v) is 13.4. The van der Waals surface area contributed by atoms with Gasteiger partial charge in [-0.05, 0) is 59.3 Å². The van der Waals surface area contributed by atoms with Gasteiger partial charge in [0.2, 0.25) is 0 Å². The predicted molar refractivity (Wildman–Crippen MR) is 85.7 cm³/mol. The number of fused-ring (bicyclic) bond motifs is 1. The summed E-state index contributed by atoms with van der Waals surface area (Å²) in [6, 6.07) is 13.9. The van der Waals surface area contributed by atoms with Crippen molar-refractivity contribution in [2.24, 2.45) is 0 Å². The lowest BCUT2D eigenvalue weighted by Crippen LogP contribution is -2.27. The van der Waals surface area contributed by atoms with E-state index in [1.54, 1.807) is 4.88 Å². The standard InChI is InChI=1S/C16H18BrNS/c1-11(12-6-3-2-4-7-12)18-14-8-5-9-15-13(14)10-16(17)19-15/h2-4,6-7,10-11,14,18H,5,8-9H2,1H3. The van der Waals surface area contributed by atoms with E-state index in [1.807, 2.05) is 11.3 Å². The first-order valence-corrected chi connectivity index (χ1v) is 8.44. The smallest absolute Gasteiger partial charge is 0.0704 e. The van der Waals surface area contributed by atoms with Crippen LogP contribution in [0.2, 0.25) is 0 Å². The molecule has 1 heterocycles. The number of aryl methyl sites for hydroxylation is 1. The van der Waals surface area contributed by atoms with Gasteiger partial charge in [-0.25, -0.2) is 0 Å². The number of rotatable bonds is 3. The van der Waals surface area contributed by atoms with E-state index in [4.69, 9.17) is 0 Å². The third-order valence-electron chi connectivity index (χ3n) is 3.83. The third kappa shape index (κ3) is 2.93. The van der Waals surface area contributed by atoms with Gasteiger partial charge in [-0.2, -0.15) is 0 Å². The van der Waals surface area contributed by atoms with Gasteiger partial charge in [0, 0.05) is 17.0 Å². The average Bonchev–Trinajstić information content (AvgIpc) is 2.81. The molecule has 1 aliphatic rings. The maximum atomic E-state index is 3.79. The Hall–Kier alpha value is -0.640. The zero-order chi connectivity index (χ0) is 13.2. The molecule has 2 atom stereocenters. The molecular formula is C16H18BrNS. The van der Waals surface area contributed by atoms with E-state index < -0.39 is 0 Å². The Morgan fingerprint density at radius 2 is 2.11 bits per heavy atom. The maximum Gasteiger partial charge on any atom is 0.0704 e. The largest absolute Gasteiger partial charge is 0.303 e. The molecule has 1 nitrogen and oxygen atoms in total. The third-order valence-corrected chi connectivity index (χ3v) is 5.55. The number of halogens is 1. The first kappa shape index (κ1) is 13.3. The van der Waals surface area contributed by atoms with Crippen LogP contribution in [0, 0.1) is 0 Å². The quantitative estimate of drug-likeness (QED) is 0.808. The molecule has 1 aliphatic carbocycles. The van der Waals surface area contributed by atoms with Crippen LogP contribution < -0.4 is 5.32 Å². The van der Waals surface area contributed by atoms with Gasteiger partial charge < -0.3 is 5.32 Å². The molecule has 100 valence electrons. The summed E-state index contributed by atoms with van der Waals surface area (Å²) in [5.41, 5.74) is 2.87. The Bertz CT molecular complexity index is 549. The summed E-state index contributed by atoms with van der Waals surface area (Å²) in [5.74, 6) is 0. The minimum absolute atomic E-state index is 0.399. The minimum Gasteiger partial charge on any atom is -0.303 e. The van der Waals surface area contributed by atoms with Crippen LogP contribution >= 0.6 is 27.3 Å². The van der Waals surface area contributed by atoms with Crippen molar-refractivity contribution in [3.05, 3.63) is 56.2 Å². The second-order valence-electron chi connectivity index (χ2n) is 5.17. The van der Waals surface area contributed by atoms with Gasteiger partial charge in [0.1, 0.15) is 0 Å². The van der Waals surface area contributed by atoms with E-state index in [9.17, 15) is 0 Å². The Kier molecular flexibility index (Phi) is 4.06. The Morgan fingerprint density at radius 1 is 1.32 bits per heavy atom. The first-order valence-electron chi connectivity index (χ1n) is 6.83. The van der Waals surface area contributed by atoms with E-state index in [2.05, 4.69) is 64.6 Å². The fraction of sp³-hybridized carbons (Fsp3) is 0.375. The van der Waals surface area contributed by atoms with E-state index in [-0.39, 0.29) is 0 Å². The Labute approximate surface area is 127 Å². The van der Waals surface area contributed by atoms with Gasteiger partial charge in [-0.1, -0.05) is 30.3 Å². The summed E-state index contributed by atoms with van der Waals surface area (Å²) in [7, 11) is 0. The van der Waals surface area contributed by atoms with Crippen LogP contribution in [0.4, 0.5) is 0 Å². The van der Waals surface area contributed by atoms with E-state index in [0.717, 1.165) is 0 Å². The topological polar surface area (TPSA) is 12.0 Å². The van der Waals surface area contributed by atoms with Crippen molar-refractivity contribution in [2.45, 2.75) is 38.3 Å². The molecule has 0 fully saturated rings.